The first-order valence-electron chi connectivity index (χ1n) is 7.14. The predicted octanol–water partition coefficient (Wildman–Crippen LogP) is 1.75. The third-order valence-electron chi connectivity index (χ3n) is 3.46. The van der Waals surface area contributed by atoms with Gasteiger partial charge >= 0.3 is 0 Å². The number of hydrogen-bond acceptors (Lipinski definition) is 3. The van der Waals surface area contributed by atoms with Crippen molar-refractivity contribution in [3.05, 3.63) is 35.4 Å². The lowest BCUT2D eigenvalue weighted by Gasteiger charge is -2.26. The van der Waals surface area contributed by atoms with Crippen LogP contribution in [0.1, 0.15) is 24.5 Å². The smallest absolute Gasteiger partial charge is 0.0363 e. The quantitative estimate of drug-likeness (QED) is 0.806. The van der Waals surface area contributed by atoms with Gasteiger partial charge in [0, 0.05) is 48.5 Å². The van der Waals surface area contributed by atoms with Crippen molar-refractivity contribution < 1.29 is 4.21 Å². The maximum absolute atomic E-state index is 11.3. The summed E-state index contributed by atoms with van der Waals surface area (Å²) in [5.74, 6) is 1.66. The highest BCUT2D eigenvalue weighted by molar-refractivity contribution is 7.85. The Morgan fingerprint density at radius 3 is 2.42 bits per heavy atom. The summed E-state index contributed by atoms with van der Waals surface area (Å²) in [6.07, 6.45) is 1.18. The van der Waals surface area contributed by atoms with Crippen LogP contribution in [0, 0.1) is 0 Å². The fraction of sp³-hybridized carbons (Fsp3) is 0.600. The minimum atomic E-state index is -0.577. The molecule has 0 saturated carbocycles. The van der Waals surface area contributed by atoms with Gasteiger partial charge in [-0.1, -0.05) is 31.2 Å². The van der Waals surface area contributed by atoms with Gasteiger partial charge in [-0.3, -0.25) is 9.11 Å². The first-order chi connectivity index (χ1) is 9.28. The van der Waals surface area contributed by atoms with Crippen LogP contribution in [0.5, 0.6) is 0 Å². The molecule has 0 aromatic heterocycles. The van der Waals surface area contributed by atoms with Gasteiger partial charge in [0.05, 0.1) is 0 Å². The Morgan fingerprint density at radius 1 is 1.16 bits per heavy atom. The molecule has 19 heavy (non-hydrogen) atoms. The number of benzene rings is 1. The van der Waals surface area contributed by atoms with E-state index in [-0.39, 0.29) is 0 Å². The van der Waals surface area contributed by atoms with Crippen molar-refractivity contribution in [1.82, 2.24) is 10.2 Å². The highest BCUT2D eigenvalue weighted by Gasteiger charge is 2.14. The second kappa shape index (κ2) is 7.78. The van der Waals surface area contributed by atoms with Crippen LogP contribution in [0.25, 0.3) is 0 Å². The molecular weight excluding hydrogens is 256 g/mol. The van der Waals surface area contributed by atoms with E-state index in [1.165, 1.54) is 17.5 Å². The molecule has 0 unspecified atom stereocenters. The summed E-state index contributed by atoms with van der Waals surface area (Å²) in [5.41, 5.74) is 2.70. The van der Waals surface area contributed by atoms with Crippen LogP contribution >= 0.6 is 0 Å². The zero-order chi connectivity index (χ0) is 13.5. The maximum atomic E-state index is 11.3. The van der Waals surface area contributed by atoms with Crippen molar-refractivity contribution >= 4 is 10.8 Å². The van der Waals surface area contributed by atoms with Crippen LogP contribution in [0.2, 0.25) is 0 Å². The van der Waals surface area contributed by atoms with E-state index in [4.69, 9.17) is 0 Å². The molecule has 1 N–H and O–H groups in total. The van der Waals surface area contributed by atoms with E-state index in [0.29, 0.717) is 0 Å². The van der Waals surface area contributed by atoms with E-state index < -0.39 is 10.8 Å². The molecule has 1 aromatic carbocycles. The van der Waals surface area contributed by atoms with Gasteiger partial charge in [-0.15, -0.1) is 0 Å². The molecule has 106 valence electrons. The monoisotopic (exact) mass is 280 g/mol. The van der Waals surface area contributed by atoms with Crippen molar-refractivity contribution in [3.63, 3.8) is 0 Å². The van der Waals surface area contributed by atoms with E-state index in [1.54, 1.807) is 0 Å². The zero-order valence-corrected chi connectivity index (χ0v) is 12.5. The molecule has 4 heteroatoms. The summed E-state index contributed by atoms with van der Waals surface area (Å²) in [6.45, 7) is 7.13. The van der Waals surface area contributed by atoms with Gasteiger partial charge in [-0.2, -0.15) is 0 Å². The van der Waals surface area contributed by atoms with Gasteiger partial charge in [0.2, 0.25) is 0 Å². The van der Waals surface area contributed by atoms with Crippen LogP contribution in [-0.2, 0) is 23.9 Å². The number of nitrogens with zero attached hydrogens (tertiary/aromatic N) is 1. The van der Waals surface area contributed by atoms with Crippen molar-refractivity contribution in [2.45, 2.75) is 26.4 Å². The third kappa shape index (κ3) is 5.05. The molecule has 3 nitrogen and oxygen atoms in total. The van der Waals surface area contributed by atoms with Gasteiger partial charge in [0.25, 0.3) is 0 Å². The van der Waals surface area contributed by atoms with Crippen LogP contribution in [0.15, 0.2) is 24.3 Å². The second-order valence-corrected chi connectivity index (χ2v) is 6.81. The van der Waals surface area contributed by atoms with Crippen molar-refractivity contribution in [1.29, 1.82) is 0 Å². The van der Waals surface area contributed by atoms with E-state index in [2.05, 4.69) is 41.4 Å². The van der Waals surface area contributed by atoms with Crippen LogP contribution in [-0.4, -0.2) is 40.2 Å². The minimum absolute atomic E-state index is 0.577. The Kier molecular flexibility index (Phi) is 6.01. The molecule has 1 aliphatic heterocycles. The van der Waals surface area contributed by atoms with Gasteiger partial charge in [0.1, 0.15) is 0 Å². The summed E-state index contributed by atoms with van der Waals surface area (Å²) in [5, 5.41) is 3.41. The highest BCUT2D eigenvalue weighted by Crippen LogP contribution is 2.10. The number of hydrogen-bond donors (Lipinski definition) is 1. The lowest BCUT2D eigenvalue weighted by molar-refractivity contribution is 0.291. The van der Waals surface area contributed by atoms with Gasteiger partial charge in [-0.25, -0.2) is 0 Å². The average molecular weight is 280 g/mol. The molecule has 0 amide bonds. The van der Waals surface area contributed by atoms with Crippen LogP contribution in [0.4, 0.5) is 0 Å². The SMILES string of the molecule is CCCNCc1ccc(CN2CCS(=O)CC2)cc1. The Labute approximate surface area is 118 Å². The fourth-order valence-corrected chi connectivity index (χ4v) is 3.39. The molecule has 0 bridgehead atoms. The molecule has 1 aromatic rings. The number of nitrogens with one attached hydrogen (secondary N) is 1. The van der Waals surface area contributed by atoms with Crippen LogP contribution < -0.4 is 5.32 Å². The fourth-order valence-electron chi connectivity index (χ4n) is 2.26. The largest absolute Gasteiger partial charge is 0.313 e. The minimum Gasteiger partial charge on any atom is -0.313 e. The molecule has 0 spiro atoms. The van der Waals surface area contributed by atoms with E-state index in [9.17, 15) is 4.21 Å². The topological polar surface area (TPSA) is 32.3 Å². The molecule has 0 aliphatic carbocycles. The standard InChI is InChI=1S/C15H24N2OS/c1-2-7-16-12-14-3-5-15(6-4-14)13-17-8-10-19(18)11-9-17/h3-6,16H,2,7-13H2,1H3. The third-order valence-corrected chi connectivity index (χ3v) is 4.73. The predicted molar refractivity (Wildman–Crippen MR) is 81.6 cm³/mol. The summed E-state index contributed by atoms with van der Waals surface area (Å²) in [6, 6.07) is 8.85. The molecule has 2 rings (SSSR count). The molecule has 1 aliphatic rings. The molecule has 1 saturated heterocycles. The van der Waals surface area contributed by atoms with E-state index in [0.717, 1.165) is 44.2 Å². The first kappa shape index (κ1) is 14.7. The summed E-state index contributed by atoms with van der Waals surface area (Å²) in [7, 11) is -0.577. The normalized spacial score (nSPS) is 17.7. The van der Waals surface area contributed by atoms with Gasteiger partial charge in [0.15, 0.2) is 0 Å². The molecule has 1 fully saturated rings. The van der Waals surface area contributed by atoms with Crippen molar-refractivity contribution in [2.75, 3.05) is 31.1 Å². The zero-order valence-electron chi connectivity index (χ0n) is 11.7. The Morgan fingerprint density at radius 2 is 1.79 bits per heavy atom. The molecule has 0 atom stereocenters. The lowest BCUT2D eigenvalue weighted by Crippen LogP contribution is -2.37. The van der Waals surface area contributed by atoms with Crippen LogP contribution in [0.3, 0.4) is 0 Å². The van der Waals surface area contributed by atoms with Crippen molar-refractivity contribution in [3.8, 4) is 0 Å². The molecule has 1 heterocycles. The second-order valence-electron chi connectivity index (χ2n) is 5.12. The Bertz CT molecular complexity index is 395. The van der Waals surface area contributed by atoms with Crippen molar-refractivity contribution in [2.24, 2.45) is 0 Å². The van der Waals surface area contributed by atoms with E-state index >= 15 is 0 Å². The van der Waals surface area contributed by atoms with E-state index in [1.807, 2.05) is 0 Å². The van der Waals surface area contributed by atoms with Gasteiger partial charge < -0.3 is 5.32 Å². The Balaban J connectivity index is 1.79. The number of rotatable bonds is 6. The lowest BCUT2D eigenvalue weighted by atomic mass is 10.1. The molecule has 0 radical (unpaired) electrons. The average Bonchev–Trinajstić information content (AvgIpc) is 2.44. The Hall–Kier alpha value is -0.710. The highest BCUT2D eigenvalue weighted by atomic mass is 32.2. The summed E-state index contributed by atoms with van der Waals surface area (Å²) < 4.78 is 11.3. The maximum Gasteiger partial charge on any atom is 0.0363 e. The first-order valence-corrected chi connectivity index (χ1v) is 8.62. The van der Waals surface area contributed by atoms with Gasteiger partial charge in [-0.05, 0) is 24.1 Å². The summed E-state index contributed by atoms with van der Waals surface area (Å²) >= 11 is 0. The summed E-state index contributed by atoms with van der Waals surface area (Å²) in [4.78, 5) is 2.39. The molecular formula is C15H24N2OS.